The van der Waals surface area contributed by atoms with Crippen molar-refractivity contribution in [2.75, 3.05) is 29.9 Å². The Morgan fingerprint density at radius 2 is 1.56 bits per heavy atom. The van der Waals surface area contributed by atoms with Crippen molar-refractivity contribution in [3.63, 3.8) is 0 Å². The molecule has 4 aromatic carbocycles. The van der Waals surface area contributed by atoms with Crippen LogP contribution in [0.25, 0.3) is 0 Å². The number of fused-ring (bicyclic) bond motifs is 6. The van der Waals surface area contributed by atoms with Gasteiger partial charge in [0.25, 0.3) is 0 Å². The Bertz CT molecular complexity index is 1580. The third-order valence-corrected chi connectivity index (χ3v) is 7.63. The van der Waals surface area contributed by atoms with Gasteiger partial charge < -0.3 is 24.4 Å². The van der Waals surface area contributed by atoms with Gasteiger partial charge in [0.2, 0.25) is 0 Å². The number of hydrogen-bond donors (Lipinski definition) is 1. The lowest BCUT2D eigenvalue weighted by atomic mass is 9.77. The molecule has 0 aliphatic carbocycles. The number of esters is 1. The normalized spacial score (nSPS) is 16.6. The van der Waals surface area contributed by atoms with Crippen LogP contribution in [0.15, 0.2) is 78.9 Å². The monoisotopic (exact) mass is 520 g/mol. The number of ether oxygens (including phenoxy) is 3. The minimum Gasteiger partial charge on any atom is -0.492 e. The van der Waals surface area contributed by atoms with E-state index < -0.39 is 5.60 Å². The van der Waals surface area contributed by atoms with Crippen LogP contribution in [-0.4, -0.2) is 25.7 Å². The summed E-state index contributed by atoms with van der Waals surface area (Å²) >= 11 is 0. The highest BCUT2D eigenvalue weighted by atomic mass is 16.6. The molecule has 2 heterocycles. The van der Waals surface area contributed by atoms with Crippen LogP contribution in [0.2, 0.25) is 0 Å². The molecule has 0 fully saturated rings. The predicted molar refractivity (Wildman–Crippen MR) is 154 cm³/mol. The first-order valence-electron chi connectivity index (χ1n) is 13.5. The molecule has 1 spiro atoms. The Hall–Kier alpha value is -4.45. The lowest BCUT2D eigenvalue weighted by molar-refractivity contribution is 0.0224. The lowest BCUT2D eigenvalue weighted by Gasteiger charge is -2.37. The quantitative estimate of drug-likeness (QED) is 0.254. The number of aryl methyl sites for hydroxylation is 1. The zero-order valence-electron chi connectivity index (χ0n) is 22.7. The van der Waals surface area contributed by atoms with E-state index in [1.165, 1.54) is 0 Å². The summed E-state index contributed by atoms with van der Waals surface area (Å²) in [6.07, 6.45) is 0. The number of nitrogens with zero attached hydrogens (tertiary/aromatic N) is 1. The van der Waals surface area contributed by atoms with Crippen molar-refractivity contribution < 1.29 is 19.0 Å². The summed E-state index contributed by atoms with van der Waals surface area (Å²) in [5.41, 5.74) is 5.67. The Balaban J connectivity index is 1.55. The molecule has 0 amide bonds. The highest BCUT2D eigenvalue weighted by Gasteiger charge is 2.53. The molecule has 6 heteroatoms. The second-order valence-electron chi connectivity index (χ2n) is 9.79. The van der Waals surface area contributed by atoms with Crippen molar-refractivity contribution in [2.45, 2.75) is 33.3 Å². The molecular weight excluding hydrogens is 488 g/mol. The van der Waals surface area contributed by atoms with Gasteiger partial charge in [0.1, 0.15) is 17.2 Å². The molecular formula is C33H32N2O4. The van der Waals surface area contributed by atoms with Gasteiger partial charge in [-0.2, -0.15) is 0 Å². The van der Waals surface area contributed by atoms with Crippen LogP contribution in [-0.2, 0) is 10.3 Å². The van der Waals surface area contributed by atoms with Gasteiger partial charge in [-0.15, -0.1) is 0 Å². The highest BCUT2D eigenvalue weighted by molar-refractivity contribution is 5.97. The van der Waals surface area contributed by atoms with E-state index in [0.717, 1.165) is 58.2 Å². The van der Waals surface area contributed by atoms with Gasteiger partial charge in [-0.3, -0.25) is 0 Å². The number of hydrogen-bond acceptors (Lipinski definition) is 6. The Kier molecular flexibility index (Phi) is 6.18. The number of carbonyl (C=O) groups is 1. The fourth-order valence-electron chi connectivity index (χ4n) is 5.72. The minimum atomic E-state index is -1.12. The third kappa shape index (κ3) is 3.90. The van der Waals surface area contributed by atoms with Gasteiger partial charge >= 0.3 is 5.97 Å². The van der Waals surface area contributed by atoms with Gasteiger partial charge in [0.05, 0.1) is 17.9 Å². The first-order valence-corrected chi connectivity index (χ1v) is 13.5. The molecule has 0 aromatic heterocycles. The molecule has 0 saturated carbocycles. The Morgan fingerprint density at radius 3 is 2.36 bits per heavy atom. The second-order valence-corrected chi connectivity index (χ2v) is 9.79. The van der Waals surface area contributed by atoms with E-state index in [1.54, 1.807) is 0 Å². The van der Waals surface area contributed by atoms with Crippen molar-refractivity contribution in [1.29, 1.82) is 0 Å². The number of benzene rings is 4. The summed E-state index contributed by atoms with van der Waals surface area (Å²) in [7, 11) is 0. The molecule has 1 N–H and O–H groups in total. The third-order valence-electron chi connectivity index (χ3n) is 7.63. The van der Waals surface area contributed by atoms with Crippen LogP contribution in [0, 0.1) is 6.92 Å². The topological polar surface area (TPSA) is 60.0 Å². The Labute approximate surface area is 229 Å². The summed E-state index contributed by atoms with van der Waals surface area (Å²) in [6.45, 7) is 10.6. The fraction of sp³-hybridized carbons (Fsp3) is 0.242. The van der Waals surface area contributed by atoms with Gasteiger partial charge in [0, 0.05) is 47.2 Å². The van der Waals surface area contributed by atoms with E-state index >= 15 is 0 Å². The van der Waals surface area contributed by atoms with E-state index in [0.29, 0.717) is 23.7 Å². The molecule has 0 bridgehead atoms. The van der Waals surface area contributed by atoms with Gasteiger partial charge in [0.15, 0.2) is 5.60 Å². The fourth-order valence-corrected chi connectivity index (χ4v) is 5.72. The summed E-state index contributed by atoms with van der Waals surface area (Å²) in [5.74, 6) is 1.80. The molecule has 0 saturated heterocycles. The van der Waals surface area contributed by atoms with Crippen molar-refractivity contribution in [3.8, 4) is 17.2 Å². The van der Waals surface area contributed by atoms with Crippen LogP contribution >= 0.6 is 0 Å². The highest BCUT2D eigenvalue weighted by Crippen LogP contribution is 2.57. The van der Waals surface area contributed by atoms with Crippen LogP contribution in [0.3, 0.4) is 0 Å². The van der Waals surface area contributed by atoms with E-state index in [-0.39, 0.29) is 5.97 Å². The molecule has 1 unspecified atom stereocenters. The maximum Gasteiger partial charge on any atom is 0.340 e. The SMILES string of the molecule is CCOc1ccccc1Nc1cc2c(cc1C)Oc1cc(N(CC)CC)ccc1C21OC(=O)c2ccccc21. The number of rotatable bonds is 7. The first-order chi connectivity index (χ1) is 19.0. The van der Waals surface area contributed by atoms with Crippen LogP contribution in [0.4, 0.5) is 17.1 Å². The molecule has 4 aromatic rings. The van der Waals surface area contributed by atoms with E-state index in [4.69, 9.17) is 14.2 Å². The van der Waals surface area contributed by atoms with Crippen molar-refractivity contribution >= 4 is 23.0 Å². The molecule has 1 atom stereocenters. The predicted octanol–water partition coefficient (Wildman–Crippen LogP) is 7.55. The van der Waals surface area contributed by atoms with Crippen LogP contribution in [0.1, 0.15) is 53.4 Å². The lowest BCUT2D eigenvalue weighted by Crippen LogP contribution is -2.33. The standard InChI is InChI=1S/C33H32N2O4/c1-5-35(6-2)22-16-17-25-31(19-22)38-30-18-21(4)28(34-27-14-10-11-15-29(27)37-7-3)20-26(30)33(25)24-13-9-8-12-23(24)32(36)39-33/h8-20,34H,5-7H2,1-4H3. The number of nitrogens with one attached hydrogen (secondary N) is 1. The first kappa shape index (κ1) is 24.9. The molecule has 0 radical (unpaired) electrons. The van der Waals surface area contributed by atoms with Gasteiger partial charge in [-0.25, -0.2) is 4.79 Å². The average Bonchev–Trinajstić information content (AvgIpc) is 3.24. The number of carbonyl (C=O) groups excluding carboxylic acids is 1. The average molecular weight is 521 g/mol. The summed E-state index contributed by atoms with van der Waals surface area (Å²) in [4.78, 5) is 15.6. The minimum absolute atomic E-state index is 0.339. The maximum absolute atomic E-state index is 13.3. The van der Waals surface area contributed by atoms with E-state index in [1.807, 2.05) is 80.6 Å². The maximum atomic E-state index is 13.3. The second kappa shape index (κ2) is 9.70. The van der Waals surface area contributed by atoms with Gasteiger partial charge in [-0.05, 0) is 75.7 Å². The zero-order valence-corrected chi connectivity index (χ0v) is 22.7. The number of anilines is 3. The van der Waals surface area contributed by atoms with E-state index in [2.05, 4.69) is 36.2 Å². The van der Waals surface area contributed by atoms with Gasteiger partial charge in [-0.1, -0.05) is 30.3 Å². The molecule has 39 heavy (non-hydrogen) atoms. The van der Waals surface area contributed by atoms with Crippen LogP contribution < -0.4 is 19.7 Å². The molecule has 2 aliphatic rings. The smallest absolute Gasteiger partial charge is 0.340 e. The summed E-state index contributed by atoms with van der Waals surface area (Å²) in [5, 5.41) is 3.55. The Morgan fingerprint density at radius 1 is 0.821 bits per heavy atom. The molecule has 6 nitrogen and oxygen atoms in total. The molecule has 198 valence electrons. The molecule has 2 aliphatic heterocycles. The van der Waals surface area contributed by atoms with Crippen molar-refractivity contribution in [2.24, 2.45) is 0 Å². The van der Waals surface area contributed by atoms with Crippen LogP contribution in [0.5, 0.6) is 17.2 Å². The summed E-state index contributed by atoms with van der Waals surface area (Å²) < 4.78 is 18.8. The van der Waals surface area contributed by atoms with Crippen molar-refractivity contribution in [1.82, 2.24) is 0 Å². The molecule has 6 rings (SSSR count). The number of para-hydroxylation sites is 2. The largest absolute Gasteiger partial charge is 0.492 e. The van der Waals surface area contributed by atoms with Crippen molar-refractivity contribution in [3.05, 3.63) is 107 Å². The zero-order chi connectivity index (χ0) is 27.1. The summed E-state index contributed by atoms with van der Waals surface area (Å²) in [6, 6.07) is 25.7. The van der Waals surface area contributed by atoms with E-state index in [9.17, 15) is 4.79 Å².